The van der Waals surface area contributed by atoms with Gasteiger partial charge in [-0.2, -0.15) is 14.7 Å². The lowest BCUT2D eigenvalue weighted by Crippen LogP contribution is -2.28. The Kier molecular flexibility index (Phi) is 23.6. The van der Waals surface area contributed by atoms with Crippen LogP contribution < -0.4 is 14.4 Å². The monoisotopic (exact) mass is 736 g/mol. The molecular formula is C41H60N4O6S. The molecule has 0 amide bonds. The van der Waals surface area contributed by atoms with Gasteiger partial charge in [-0.05, 0) is 55.7 Å². The highest BCUT2D eigenvalue weighted by Crippen LogP contribution is 2.22. The zero-order valence-corrected chi connectivity index (χ0v) is 32.5. The number of hydrazine groups is 1. The smallest absolute Gasteiger partial charge is 0.338 e. The zero-order valence-electron chi connectivity index (χ0n) is 31.7. The lowest BCUT2D eigenvalue weighted by molar-refractivity contribution is 0.0495. The lowest BCUT2D eigenvalue weighted by Gasteiger charge is -2.13. The molecule has 2 aromatic carbocycles. The number of ether oxygens (including phenoxy) is 2. The molecule has 1 unspecified atom stereocenters. The summed E-state index contributed by atoms with van der Waals surface area (Å²) < 4.78 is 29.5. The van der Waals surface area contributed by atoms with Crippen molar-refractivity contribution in [1.29, 1.82) is 10.5 Å². The number of nitrogens with zero attached hydrogens (tertiary/aromatic N) is 2. The van der Waals surface area contributed by atoms with Gasteiger partial charge >= 0.3 is 23.2 Å². The Morgan fingerprint density at radius 3 is 1.44 bits per heavy atom. The van der Waals surface area contributed by atoms with Crippen molar-refractivity contribution >= 4 is 28.9 Å². The molecule has 2 rings (SSSR count). The second-order valence-corrected chi connectivity index (χ2v) is 14.2. The Balaban J connectivity index is 1.95. The molecule has 52 heavy (non-hydrogen) atoms. The van der Waals surface area contributed by atoms with Gasteiger partial charge in [-0.3, -0.25) is 0 Å². The molecule has 2 aromatic rings. The van der Waals surface area contributed by atoms with Crippen LogP contribution in [-0.2, 0) is 20.7 Å². The predicted molar refractivity (Wildman–Crippen MR) is 207 cm³/mol. The molecular weight excluding hydrogens is 677 g/mol. The first-order chi connectivity index (χ1) is 25.3. The number of nitriles is 2. The van der Waals surface area contributed by atoms with Crippen molar-refractivity contribution in [2.24, 2.45) is 0 Å². The summed E-state index contributed by atoms with van der Waals surface area (Å²) >= 11 is -2.18. The first kappa shape index (κ1) is 44.2. The maximum atomic E-state index is 13.1. The number of unbranched alkanes of at least 4 members (excludes halogenated alkanes) is 18. The van der Waals surface area contributed by atoms with E-state index in [-0.39, 0.29) is 41.2 Å². The molecule has 286 valence electrons. The maximum absolute atomic E-state index is 13.1. The van der Waals surface area contributed by atoms with Crippen molar-refractivity contribution in [3.63, 3.8) is 0 Å². The van der Waals surface area contributed by atoms with E-state index in [2.05, 4.69) is 24.1 Å². The third-order valence-corrected chi connectivity index (χ3v) is 9.50. The van der Waals surface area contributed by atoms with Crippen LogP contribution >= 0.6 is 0 Å². The van der Waals surface area contributed by atoms with Crippen LogP contribution in [0, 0.1) is 29.6 Å². The molecule has 0 aliphatic carbocycles. The molecule has 1 atom stereocenters. The van der Waals surface area contributed by atoms with E-state index in [9.17, 15) is 24.3 Å². The SMILES string of the molecule is CCCCCCCCCCCCOC(=O)c1cc(OS(=O)NNc2cc(C#N)c(C#N)cc2C)cc(C(=O)OCCCCCCCCCCCC)c1. The van der Waals surface area contributed by atoms with Gasteiger partial charge in [0.1, 0.15) is 17.9 Å². The van der Waals surface area contributed by atoms with E-state index in [4.69, 9.17) is 13.7 Å². The third kappa shape index (κ3) is 18.5. The number of hydrogen-bond acceptors (Lipinski definition) is 9. The molecule has 2 N–H and O–H groups in total. The Labute approximate surface area is 314 Å². The van der Waals surface area contributed by atoms with Crippen LogP contribution in [-0.4, -0.2) is 29.4 Å². The minimum Gasteiger partial charge on any atom is -0.462 e. The number of carbonyl (C=O) groups is 2. The molecule has 0 saturated heterocycles. The summed E-state index contributed by atoms with van der Waals surface area (Å²) in [6.45, 7) is 6.68. The van der Waals surface area contributed by atoms with Crippen molar-refractivity contribution < 1.29 is 27.5 Å². The van der Waals surface area contributed by atoms with Gasteiger partial charge in [-0.1, -0.05) is 129 Å². The van der Waals surface area contributed by atoms with Crippen molar-refractivity contribution in [2.45, 2.75) is 149 Å². The Hall–Kier alpha value is -3.93. The van der Waals surface area contributed by atoms with Crippen LogP contribution in [0.3, 0.4) is 0 Å². The largest absolute Gasteiger partial charge is 0.462 e. The van der Waals surface area contributed by atoms with Gasteiger partial charge in [0.25, 0.3) is 0 Å². The minimum atomic E-state index is -2.18. The number of nitrogens with one attached hydrogen (secondary N) is 2. The number of anilines is 1. The van der Waals surface area contributed by atoms with Crippen LogP contribution in [0.1, 0.15) is 180 Å². The van der Waals surface area contributed by atoms with Crippen LogP contribution in [0.15, 0.2) is 30.3 Å². The molecule has 10 nitrogen and oxygen atoms in total. The average molecular weight is 737 g/mol. The number of benzene rings is 2. The Morgan fingerprint density at radius 2 is 1.02 bits per heavy atom. The van der Waals surface area contributed by atoms with E-state index < -0.39 is 23.2 Å². The second-order valence-electron chi connectivity index (χ2n) is 13.4. The van der Waals surface area contributed by atoms with Crippen molar-refractivity contribution in [1.82, 2.24) is 4.83 Å². The molecule has 0 fully saturated rings. The predicted octanol–water partition coefficient (Wildman–Crippen LogP) is 10.5. The molecule has 0 spiro atoms. The summed E-state index contributed by atoms with van der Waals surface area (Å²) in [4.78, 5) is 28.6. The van der Waals surface area contributed by atoms with Crippen molar-refractivity contribution in [2.75, 3.05) is 18.6 Å². The Bertz CT molecular complexity index is 1410. The topological polar surface area (TPSA) is 151 Å². The highest BCUT2D eigenvalue weighted by Gasteiger charge is 2.18. The first-order valence-electron chi connectivity index (χ1n) is 19.4. The van der Waals surface area contributed by atoms with E-state index >= 15 is 0 Å². The summed E-state index contributed by atoms with van der Waals surface area (Å²) in [5.41, 5.74) is 4.37. The summed E-state index contributed by atoms with van der Waals surface area (Å²) in [7, 11) is 0. The fraction of sp³-hybridized carbons (Fsp3) is 0.610. The van der Waals surface area contributed by atoms with Gasteiger partial charge < -0.3 is 19.1 Å². The van der Waals surface area contributed by atoms with Gasteiger partial charge in [-0.15, -0.1) is 4.83 Å². The molecule has 0 bridgehead atoms. The van der Waals surface area contributed by atoms with Crippen LogP contribution in [0.2, 0.25) is 0 Å². The molecule has 11 heteroatoms. The van der Waals surface area contributed by atoms with Crippen LogP contribution in [0.25, 0.3) is 0 Å². The van der Waals surface area contributed by atoms with E-state index in [0.29, 0.717) is 11.3 Å². The quantitative estimate of drug-likeness (QED) is 0.0472. The number of carbonyl (C=O) groups excluding carboxylic acids is 2. The van der Waals surface area contributed by atoms with Gasteiger partial charge in [0, 0.05) is 0 Å². The van der Waals surface area contributed by atoms with E-state index in [1.54, 1.807) is 13.0 Å². The van der Waals surface area contributed by atoms with Crippen molar-refractivity contribution in [3.8, 4) is 17.9 Å². The first-order valence-corrected chi connectivity index (χ1v) is 20.5. The van der Waals surface area contributed by atoms with Crippen LogP contribution in [0.5, 0.6) is 5.75 Å². The molecule has 0 aliphatic heterocycles. The highest BCUT2D eigenvalue weighted by molar-refractivity contribution is 7.78. The van der Waals surface area contributed by atoms with Gasteiger partial charge in [0.05, 0.1) is 41.2 Å². The summed E-state index contributed by atoms with van der Waals surface area (Å²) in [6, 6.07) is 11.1. The fourth-order valence-electron chi connectivity index (χ4n) is 5.79. The molecule has 0 aromatic heterocycles. The Morgan fingerprint density at radius 1 is 0.615 bits per heavy atom. The number of aryl methyl sites for hydroxylation is 1. The lowest BCUT2D eigenvalue weighted by atomic mass is 10.0. The van der Waals surface area contributed by atoms with E-state index in [0.717, 1.165) is 38.5 Å². The summed E-state index contributed by atoms with van der Waals surface area (Å²) in [5.74, 6) is -1.22. The number of hydrogen-bond donors (Lipinski definition) is 2. The second kappa shape index (κ2) is 27.7. The van der Waals surface area contributed by atoms with Gasteiger partial charge in [0.15, 0.2) is 0 Å². The van der Waals surface area contributed by atoms with E-state index in [1.165, 1.54) is 114 Å². The van der Waals surface area contributed by atoms with Gasteiger partial charge in [-0.25, -0.2) is 9.59 Å². The standard InChI is InChI=1S/C41H60N4O6S/c1-4-6-8-10-12-14-16-18-20-22-24-49-40(46)34-27-35(41(47)50-25-23-21-19-17-15-13-11-9-7-5-2)29-38(28-34)51-52(48)45-44-39-30-37(32-43)36(31-42)26-33(39)3/h26-30,44-45H,4-25H2,1-3H3. The molecule has 0 radical (unpaired) electrons. The minimum absolute atomic E-state index is 0.00108. The van der Waals surface area contributed by atoms with Gasteiger partial charge in [0.2, 0.25) is 0 Å². The normalized spacial score (nSPS) is 11.3. The average Bonchev–Trinajstić information content (AvgIpc) is 3.14. The van der Waals surface area contributed by atoms with Crippen molar-refractivity contribution in [3.05, 3.63) is 58.1 Å². The summed E-state index contributed by atoms with van der Waals surface area (Å²) in [5, 5.41) is 18.6. The van der Waals surface area contributed by atoms with E-state index in [1.807, 2.05) is 12.1 Å². The fourth-order valence-corrected chi connectivity index (χ4v) is 6.30. The number of esters is 2. The molecule has 0 heterocycles. The zero-order chi connectivity index (χ0) is 37.8. The highest BCUT2D eigenvalue weighted by atomic mass is 32.2. The molecule has 0 aliphatic rings. The molecule has 0 saturated carbocycles. The van der Waals surface area contributed by atoms with Crippen LogP contribution in [0.4, 0.5) is 5.69 Å². The third-order valence-electron chi connectivity index (χ3n) is 8.89. The summed E-state index contributed by atoms with van der Waals surface area (Å²) in [6.07, 6.45) is 23.3. The maximum Gasteiger partial charge on any atom is 0.338 e. The number of rotatable bonds is 29.